The SMILES string of the molecule is CC=CC=CC(=O)OC1CC2CC(C2(C)C)C1(C)O. The van der Waals surface area contributed by atoms with Crippen molar-refractivity contribution in [3.63, 3.8) is 0 Å². The van der Waals surface area contributed by atoms with Crippen LogP contribution in [0.25, 0.3) is 0 Å². The van der Waals surface area contributed by atoms with Crippen LogP contribution in [-0.2, 0) is 9.53 Å². The second-order valence-corrected chi connectivity index (χ2v) is 6.58. The summed E-state index contributed by atoms with van der Waals surface area (Å²) in [5, 5.41) is 10.7. The highest BCUT2D eigenvalue weighted by Crippen LogP contribution is 2.63. The van der Waals surface area contributed by atoms with Crippen LogP contribution < -0.4 is 0 Å². The first-order valence-corrected chi connectivity index (χ1v) is 7.02. The lowest BCUT2D eigenvalue weighted by Gasteiger charge is -2.64. The number of ether oxygens (including phenoxy) is 1. The van der Waals surface area contributed by atoms with Crippen LogP contribution in [0.4, 0.5) is 0 Å². The van der Waals surface area contributed by atoms with Gasteiger partial charge in [-0.25, -0.2) is 4.79 Å². The molecule has 0 radical (unpaired) electrons. The quantitative estimate of drug-likeness (QED) is 0.484. The molecular formula is C16H24O3. The van der Waals surface area contributed by atoms with E-state index in [0.717, 1.165) is 12.8 Å². The molecule has 0 aromatic rings. The average Bonchev–Trinajstić information content (AvgIpc) is 2.31. The fourth-order valence-electron chi connectivity index (χ4n) is 3.72. The highest BCUT2D eigenvalue weighted by molar-refractivity contribution is 5.82. The highest BCUT2D eigenvalue weighted by atomic mass is 16.6. The van der Waals surface area contributed by atoms with Gasteiger partial charge in [0.25, 0.3) is 0 Å². The minimum absolute atomic E-state index is 0.160. The Morgan fingerprint density at radius 1 is 1.26 bits per heavy atom. The van der Waals surface area contributed by atoms with Crippen LogP contribution in [0.2, 0.25) is 0 Å². The summed E-state index contributed by atoms with van der Waals surface area (Å²) in [7, 11) is 0. The molecule has 0 aromatic carbocycles. The Hall–Kier alpha value is -1.09. The van der Waals surface area contributed by atoms with Crippen LogP contribution in [0.15, 0.2) is 24.3 Å². The molecule has 1 N–H and O–H groups in total. The molecule has 3 heteroatoms. The summed E-state index contributed by atoms with van der Waals surface area (Å²) >= 11 is 0. The molecule has 3 fully saturated rings. The molecule has 0 saturated heterocycles. The van der Waals surface area contributed by atoms with Gasteiger partial charge in [-0.2, -0.15) is 0 Å². The summed E-state index contributed by atoms with van der Waals surface area (Å²) in [6, 6.07) is 0. The molecule has 3 rings (SSSR count). The number of hydrogen-bond donors (Lipinski definition) is 1. The normalized spacial score (nSPS) is 40.4. The van der Waals surface area contributed by atoms with E-state index in [-0.39, 0.29) is 23.4 Å². The van der Waals surface area contributed by atoms with Crippen molar-refractivity contribution in [3.05, 3.63) is 24.3 Å². The van der Waals surface area contributed by atoms with Gasteiger partial charge in [-0.1, -0.05) is 32.1 Å². The summed E-state index contributed by atoms with van der Waals surface area (Å²) in [4.78, 5) is 11.7. The van der Waals surface area contributed by atoms with Crippen LogP contribution in [-0.4, -0.2) is 22.8 Å². The van der Waals surface area contributed by atoms with Gasteiger partial charge in [0.1, 0.15) is 11.7 Å². The fraction of sp³-hybridized carbons (Fsp3) is 0.688. The van der Waals surface area contributed by atoms with Crippen molar-refractivity contribution in [2.75, 3.05) is 0 Å². The van der Waals surface area contributed by atoms with Gasteiger partial charge in [-0.3, -0.25) is 0 Å². The van der Waals surface area contributed by atoms with E-state index in [2.05, 4.69) is 13.8 Å². The Kier molecular flexibility index (Phi) is 3.61. The Morgan fingerprint density at radius 2 is 1.95 bits per heavy atom. The third-order valence-electron chi connectivity index (χ3n) is 5.12. The average molecular weight is 264 g/mol. The van der Waals surface area contributed by atoms with Crippen LogP contribution >= 0.6 is 0 Å². The molecule has 0 aliphatic heterocycles. The zero-order valence-corrected chi connectivity index (χ0v) is 12.2. The first-order chi connectivity index (χ1) is 8.80. The van der Waals surface area contributed by atoms with E-state index in [0.29, 0.717) is 5.92 Å². The molecule has 0 amide bonds. The summed E-state index contributed by atoms with van der Waals surface area (Å²) in [6.07, 6.45) is 8.11. The van der Waals surface area contributed by atoms with Gasteiger partial charge >= 0.3 is 5.97 Å². The van der Waals surface area contributed by atoms with Gasteiger partial charge in [0.05, 0.1) is 0 Å². The molecule has 2 bridgehead atoms. The second kappa shape index (κ2) is 4.78. The third-order valence-corrected chi connectivity index (χ3v) is 5.12. The van der Waals surface area contributed by atoms with Gasteiger partial charge in [0, 0.05) is 6.08 Å². The number of allylic oxidation sites excluding steroid dienone is 3. The summed E-state index contributed by atoms with van der Waals surface area (Å²) < 4.78 is 5.44. The first-order valence-electron chi connectivity index (χ1n) is 7.02. The van der Waals surface area contributed by atoms with E-state index in [1.165, 1.54) is 6.08 Å². The van der Waals surface area contributed by atoms with Crippen LogP contribution in [0.5, 0.6) is 0 Å². The first kappa shape index (κ1) is 14.3. The molecule has 0 spiro atoms. The maximum absolute atomic E-state index is 11.7. The molecule has 106 valence electrons. The molecule has 3 aliphatic rings. The largest absolute Gasteiger partial charge is 0.456 e. The molecule has 4 unspecified atom stereocenters. The van der Waals surface area contributed by atoms with Gasteiger partial charge in [-0.05, 0) is 43.9 Å². The predicted octanol–water partition coefficient (Wildman–Crippen LogP) is 2.85. The number of hydrogen-bond acceptors (Lipinski definition) is 3. The van der Waals surface area contributed by atoms with E-state index < -0.39 is 5.60 Å². The van der Waals surface area contributed by atoms with E-state index in [1.807, 2.05) is 19.9 Å². The van der Waals surface area contributed by atoms with E-state index in [9.17, 15) is 9.90 Å². The maximum Gasteiger partial charge on any atom is 0.331 e. The molecule has 0 aromatic heterocycles. The van der Waals surface area contributed by atoms with Gasteiger partial charge in [-0.15, -0.1) is 0 Å². The molecule has 3 saturated carbocycles. The second-order valence-electron chi connectivity index (χ2n) is 6.58. The Balaban J connectivity index is 2.01. The zero-order chi connectivity index (χ0) is 14.3. The van der Waals surface area contributed by atoms with Crippen molar-refractivity contribution in [3.8, 4) is 0 Å². The zero-order valence-electron chi connectivity index (χ0n) is 12.2. The standard InChI is InChI=1S/C16H24O3/c1-5-6-7-8-14(17)19-13-10-11-9-12(15(11,2)3)16(13,4)18/h5-8,11-13,18H,9-10H2,1-4H3. The summed E-state index contributed by atoms with van der Waals surface area (Å²) in [5.41, 5.74) is -0.754. The van der Waals surface area contributed by atoms with Gasteiger partial charge in [0.15, 0.2) is 0 Å². The number of rotatable bonds is 3. The van der Waals surface area contributed by atoms with Crippen molar-refractivity contribution < 1.29 is 14.6 Å². The molecule has 0 heterocycles. The van der Waals surface area contributed by atoms with Crippen molar-refractivity contribution in [2.45, 2.75) is 52.2 Å². The molecule has 19 heavy (non-hydrogen) atoms. The monoisotopic (exact) mass is 264 g/mol. The van der Waals surface area contributed by atoms with E-state index in [1.54, 1.807) is 12.2 Å². The van der Waals surface area contributed by atoms with Gasteiger partial charge in [0.2, 0.25) is 0 Å². The number of aliphatic hydroxyl groups is 1. The van der Waals surface area contributed by atoms with Crippen molar-refractivity contribution in [1.82, 2.24) is 0 Å². The van der Waals surface area contributed by atoms with Crippen LogP contribution in [0.3, 0.4) is 0 Å². The summed E-state index contributed by atoms with van der Waals surface area (Å²) in [5.74, 6) is 0.397. The lowest BCUT2D eigenvalue weighted by atomic mass is 9.43. The molecule has 3 nitrogen and oxygen atoms in total. The predicted molar refractivity (Wildman–Crippen MR) is 74.5 cm³/mol. The number of esters is 1. The topological polar surface area (TPSA) is 46.5 Å². The number of carbonyl (C=O) groups excluding carboxylic acids is 1. The maximum atomic E-state index is 11.7. The Labute approximate surface area is 115 Å². The Bertz CT molecular complexity index is 418. The van der Waals surface area contributed by atoms with E-state index >= 15 is 0 Å². The highest BCUT2D eigenvalue weighted by Gasteiger charge is 2.63. The smallest absolute Gasteiger partial charge is 0.331 e. The van der Waals surface area contributed by atoms with E-state index in [4.69, 9.17) is 4.74 Å². The fourth-order valence-corrected chi connectivity index (χ4v) is 3.72. The summed E-state index contributed by atoms with van der Waals surface area (Å²) in [6.45, 7) is 8.09. The van der Waals surface area contributed by atoms with Crippen molar-refractivity contribution >= 4 is 5.97 Å². The third kappa shape index (κ3) is 2.36. The number of fused-ring (bicyclic) bond motifs is 2. The molecular weight excluding hydrogens is 240 g/mol. The molecule has 4 atom stereocenters. The van der Waals surface area contributed by atoms with Crippen molar-refractivity contribution in [1.29, 1.82) is 0 Å². The molecule has 3 aliphatic carbocycles. The van der Waals surface area contributed by atoms with Gasteiger partial charge < -0.3 is 9.84 Å². The minimum atomic E-state index is -0.914. The van der Waals surface area contributed by atoms with Crippen LogP contribution in [0, 0.1) is 17.3 Å². The lowest BCUT2D eigenvalue weighted by Crippen LogP contribution is -2.67. The Morgan fingerprint density at radius 3 is 2.47 bits per heavy atom. The van der Waals surface area contributed by atoms with Crippen molar-refractivity contribution in [2.24, 2.45) is 17.3 Å². The lowest BCUT2D eigenvalue weighted by molar-refractivity contribution is -0.251. The van der Waals surface area contributed by atoms with Crippen LogP contribution in [0.1, 0.15) is 40.5 Å². The minimum Gasteiger partial charge on any atom is -0.456 e. The number of carbonyl (C=O) groups is 1.